The molecule has 0 bridgehead atoms. The summed E-state index contributed by atoms with van der Waals surface area (Å²) < 4.78 is 44.2. The van der Waals surface area contributed by atoms with Gasteiger partial charge in [0.1, 0.15) is 0 Å². The van der Waals surface area contributed by atoms with Crippen molar-refractivity contribution in [2.24, 2.45) is 0 Å². The Kier molecular flexibility index (Phi) is 4.39. The summed E-state index contributed by atoms with van der Waals surface area (Å²) in [6.07, 6.45) is 0.944. The van der Waals surface area contributed by atoms with Gasteiger partial charge >= 0.3 is 0 Å². The first kappa shape index (κ1) is 14.5. The van der Waals surface area contributed by atoms with E-state index in [0.29, 0.717) is 5.89 Å². The number of hydrogen-bond acceptors (Lipinski definition) is 4. The Morgan fingerprint density at radius 1 is 1.25 bits per heavy atom. The van der Waals surface area contributed by atoms with Crippen molar-refractivity contribution in [2.75, 3.05) is 6.54 Å². The standard InChI is InChI=1S/C13H14F3N3O/c1-3-4-17-7(2)13-18-12(19-20-13)8-5-9(14)11(16)10(15)6-8/h5-7,17H,3-4H2,1-2H3. The molecule has 0 fully saturated rings. The van der Waals surface area contributed by atoms with Gasteiger partial charge in [0.05, 0.1) is 6.04 Å². The lowest BCUT2D eigenvalue weighted by molar-refractivity contribution is 0.340. The number of nitrogens with one attached hydrogen (secondary N) is 1. The molecular formula is C13H14F3N3O. The van der Waals surface area contributed by atoms with E-state index in [1.54, 1.807) is 0 Å². The van der Waals surface area contributed by atoms with Gasteiger partial charge in [-0.25, -0.2) is 13.2 Å². The second-order valence-electron chi connectivity index (χ2n) is 4.39. The normalized spacial score (nSPS) is 12.7. The van der Waals surface area contributed by atoms with Crippen LogP contribution in [-0.4, -0.2) is 16.7 Å². The van der Waals surface area contributed by atoms with E-state index in [0.717, 1.165) is 25.1 Å². The molecule has 0 radical (unpaired) electrons. The largest absolute Gasteiger partial charge is 0.337 e. The molecule has 1 unspecified atom stereocenters. The lowest BCUT2D eigenvalue weighted by Crippen LogP contribution is -2.19. The topological polar surface area (TPSA) is 51.0 Å². The number of halogens is 3. The lowest BCUT2D eigenvalue weighted by atomic mass is 10.2. The molecule has 0 amide bonds. The summed E-state index contributed by atoms with van der Waals surface area (Å²) in [6, 6.07) is 1.49. The van der Waals surface area contributed by atoms with Crippen LogP contribution in [0, 0.1) is 17.5 Å². The predicted octanol–water partition coefficient (Wildman–Crippen LogP) is 3.21. The van der Waals surface area contributed by atoms with E-state index in [-0.39, 0.29) is 17.4 Å². The van der Waals surface area contributed by atoms with Crippen molar-refractivity contribution in [3.63, 3.8) is 0 Å². The summed E-state index contributed by atoms with van der Waals surface area (Å²) in [5.41, 5.74) is 0.0269. The van der Waals surface area contributed by atoms with Crippen LogP contribution in [0.15, 0.2) is 16.7 Å². The van der Waals surface area contributed by atoms with Gasteiger partial charge in [0, 0.05) is 5.56 Å². The third kappa shape index (κ3) is 2.98. The monoisotopic (exact) mass is 285 g/mol. The van der Waals surface area contributed by atoms with E-state index in [2.05, 4.69) is 15.5 Å². The summed E-state index contributed by atoms with van der Waals surface area (Å²) >= 11 is 0. The van der Waals surface area contributed by atoms with Gasteiger partial charge in [-0.15, -0.1) is 0 Å². The van der Waals surface area contributed by atoms with E-state index >= 15 is 0 Å². The Morgan fingerprint density at radius 3 is 2.50 bits per heavy atom. The summed E-state index contributed by atoms with van der Waals surface area (Å²) in [5.74, 6) is -3.77. The van der Waals surface area contributed by atoms with Crippen molar-refractivity contribution in [1.29, 1.82) is 0 Å². The summed E-state index contributed by atoms with van der Waals surface area (Å²) in [6.45, 7) is 4.63. The Hall–Kier alpha value is -1.89. The van der Waals surface area contributed by atoms with Gasteiger partial charge in [-0.2, -0.15) is 4.98 Å². The highest BCUT2D eigenvalue weighted by Crippen LogP contribution is 2.22. The van der Waals surface area contributed by atoms with Gasteiger partial charge in [-0.3, -0.25) is 0 Å². The molecule has 1 heterocycles. The van der Waals surface area contributed by atoms with Crippen molar-refractivity contribution in [2.45, 2.75) is 26.3 Å². The molecule has 7 heteroatoms. The number of benzene rings is 1. The van der Waals surface area contributed by atoms with Crippen LogP contribution in [0.5, 0.6) is 0 Å². The van der Waals surface area contributed by atoms with E-state index < -0.39 is 17.5 Å². The van der Waals surface area contributed by atoms with Gasteiger partial charge in [-0.1, -0.05) is 12.1 Å². The van der Waals surface area contributed by atoms with Crippen LogP contribution in [0.25, 0.3) is 11.4 Å². The fraction of sp³-hybridized carbons (Fsp3) is 0.385. The first-order chi connectivity index (χ1) is 9.52. The molecule has 0 aliphatic rings. The molecule has 0 aliphatic heterocycles. The second-order valence-corrected chi connectivity index (χ2v) is 4.39. The van der Waals surface area contributed by atoms with Crippen molar-refractivity contribution >= 4 is 0 Å². The third-order valence-corrected chi connectivity index (χ3v) is 2.75. The molecule has 20 heavy (non-hydrogen) atoms. The molecule has 2 rings (SSSR count). The number of hydrogen-bond donors (Lipinski definition) is 1. The first-order valence-electron chi connectivity index (χ1n) is 6.24. The van der Waals surface area contributed by atoms with E-state index in [1.807, 2.05) is 13.8 Å². The quantitative estimate of drug-likeness (QED) is 0.857. The Morgan fingerprint density at radius 2 is 1.90 bits per heavy atom. The fourth-order valence-electron chi connectivity index (χ4n) is 1.66. The molecular weight excluding hydrogens is 271 g/mol. The number of aromatic nitrogens is 2. The highest BCUT2D eigenvalue weighted by molar-refractivity contribution is 5.54. The van der Waals surface area contributed by atoms with Crippen LogP contribution >= 0.6 is 0 Å². The van der Waals surface area contributed by atoms with Crippen LogP contribution in [-0.2, 0) is 0 Å². The van der Waals surface area contributed by atoms with Crippen LogP contribution in [0.1, 0.15) is 32.2 Å². The zero-order valence-electron chi connectivity index (χ0n) is 11.1. The summed E-state index contributed by atoms with van der Waals surface area (Å²) in [7, 11) is 0. The molecule has 0 spiro atoms. The van der Waals surface area contributed by atoms with Crippen LogP contribution in [0.3, 0.4) is 0 Å². The fourth-order valence-corrected chi connectivity index (χ4v) is 1.66. The van der Waals surface area contributed by atoms with Crippen LogP contribution < -0.4 is 5.32 Å². The third-order valence-electron chi connectivity index (χ3n) is 2.75. The van der Waals surface area contributed by atoms with Crippen molar-refractivity contribution < 1.29 is 17.7 Å². The van der Waals surface area contributed by atoms with Crippen molar-refractivity contribution in [3.8, 4) is 11.4 Å². The molecule has 0 aliphatic carbocycles. The molecule has 2 aromatic rings. The average molecular weight is 285 g/mol. The number of rotatable bonds is 5. The van der Waals surface area contributed by atoms with Gasteiger partial charge in [0.2, 0.25) is 11.7 Å². The van der Waals surface area contributed by atoms with Gasteiger partial charge in [0.15, 0.2) is 17.5 Å². The zero-order valence-corrected chi connectivity index (χ0v) is 11.1. The molecule has 1 aromatic heterocycles. The minimum absolute atomic E-state index is 0.0166. The van der Waals surface area contributed by atoms with Crippen molar-refractivity contribution in [1.82, 2.24) is 15.5 Å². The summed E-state index contributed by atoms with van der Waals surface area (Å²) in [4.78, 5) is 4.05. The molecule has 4 nitrogen and oxygen atoms in total. The van der Waals surface area contributed by atoms with Crippen LogP contribution in [0.2, 0.25) is 0 Å². The minimum atomic E-state index is -1.52. The number of nitrogens with zero attached hydrogens (tertiary/aromatic N) is 2. The van der Waals surface area contributed by atoms with E-state index in [4.69, 9.17) is 4.52 Å². The van der Waals surface area contributed by atoms with Crippen molar-refractivity contribution in [3.05, 3.63) is 35.5 Å². The maximum absolute atomic E-state index is 13.1. The van der Waals surface area contributed by atoms with Gasteiger partial charge < -0.3 is 9.84 Å². The zero-order chi connectivity index (χ0) is 14.7. The van der Waals surface area contributed by atoms with E-state index in [1.165, 1.54) is 0 Å². The molecule has 0 saturated carbocycles. The first-order valence-corrected chi connectivity index (χ1v) is 6.24. The smallest absolute Gasteiger partial charge is 0.243 e. The van der Waals surface area contributed by atoms with Gasteiger partial charge in [-0.05, 0) is 32.0 Å². The average Bonchev–Trinajstić information content (AvgIpc) is 2.91. The highest BCUT2D eigenvalue weighted by atomic mass is 19.2. The Labute approximate surface area is 114 Å². The second kappa shape index (κ2) is 6.04. The molecule has 1 aromatic carbocycles. The van der Waals surface area contributed by atoms with E-state index in [9.17, 15) is 13.2 Å². The lowest BCUT2D eigenvalue weighted by Gasteiger charge is -2.06. The van der Waals surface area contributed by atoms with Gasteiger partial charge in [0.25, 0.3) is 0 Å². The van der Waals surface area contributed by atoms with Crippen LogP contribution in [0.4, 0.5) is 13.2 Å². The molecule has 108 valence electrons. The highest BCUT2D eigenvalue weighted by Gasteiger charge is 2.17. The maximum Gasteiger partial charge on any atom is 0.243 e. The molecule has 0 saturated heterocycles. The molecule has 1 N–H and O–H groups in total. The SMILES string of the molecule is CCCNC(C)c1nc(-c2cc(F)c(F)c(F)c2)no1. The predicted molar refractivity (Wildman–Crippen MR) is 66.3 cm³/mol. The minimum Gasteiger partial charge on any atom is -0.337 e. The Bertz CT molecular complexity index is 577. The molecule has 1 atom stereocenters. The summed E-state index contributed by atoms with van der Waals surface area (Å²) in [5, 5.41) is 6.79. The Balaban J connectivity index is 2.24. The maximum atomic E-state index is 13.1.